The molecule has 0 saturated carbocycles. The lowest BCUT2D eigenvalue weighted by Crippen LogP contribution is -2.03. The molecule has 0 aliphatic carbocycles. The zero-order chi connectivity index (χ0) is 17.3. The average Bonchev–Trinajstić information content (AvgIpc) is 2.57. The van der Waals surface area contributed by atoms with Crippen molar-refractivity contribution in [1.29, 1.82) is 0 Å². The van der Waals surface area contributed by atoms with E-state index >= 15 is 0 Å². The summed E-state index contributed by atoms with van der Waals surface area (Å²) in [5, 5.41) is 12.8. The Hall–Kier alpha value is -2.37. The maximum atomic E-state index is 11.7. The lowest BCUT2D eigenvalue weighted by Gasteiger charge is -2.12. The topological polar surface area (TPSA) is 65.3 Å². The van der Waals surface area contributed by atoms with Gasteiger partial charge in [-0.25, -0.2) is 4.98 Å². The fraction of sp³-hybridized carbons (Fsp3) is 0.118. The molecular weight excluding hydrogens is 351 g/mol. The van der Waals surface area contributed by atoms with Crippen molar-refractivity contribution in [3.63, 3.8) is 0 Å². The van der Waals surface area contributed by atoms with Crippen molar-refractivity contribution < 1.29 is 9.66 Å². The zero-order valence-electron chi connectivity index (χ0n) is 12.6. The molecule has 1 heterocycles. The summed E-state index contributed by atoms with van der Waals surface area (Å²) < 4.78 is 5.59. The standard InChI is InChI=1S/C17H12Cl2N2O3/c1-2-24-17-10-6-3-4-9-13(10)20-15(16(17)21(22)23)11-7-5-8-12(18)14(11)19/h3-9H,2H2,1H3. The van der Waals surface area contributed by atoms with Crippen molar-refractivity contribution in [3.05, 3.63) is 62.6 Å². The summed E-state index contributed by atoms with van der Waals surface area (Å²) in [6, 6.07) is 12.0. The quantitative estimate of drug-likeness (QED) is 0.452. The summed E-state index contributed by atoms with van der Waals surface area (Å²) in [6.07, 6.45) is 0. The van der Waals surface area contributed by atoms with Crippen LogP contribution in [-0.2, 0) is 0 Å². The van der Waals surface area contributed by atoms with Crippen LogP contribution in [0.3, 0.4) is 0 Å². The molecule has 0 fully saturated rings. The van der Waals surface area contributed by atoms with Crippen LogP contribution in [0, 0.1) is 10.1 Å². The van der Waals surface area contributed by atoms with Crippen molar-refractivity contribution in [2.24, 2.45) is 0 Å². The number of halogens is 2. The van der Waals surface area contributed by atoms with E-state index in [2.05, 4.69) is 4.98 Å². The van der Waals surface area contributed by atoms with Crippen LogP contribution in [-0.4, -0.2) is 16.5 Å². The highest BCUT2D eigenvalue weighted by atomic mass is 35.5. The largest absolute Gasteiger partial charge is 0.487 e. The molecule has 5 nitrogen and oxygen atoms in total. The molecular formula is C17H12Cl2N2O3. The third-order valence-corrected chi connectivity index (χ3v) is 4.32. The lowest BCUT2D eigenvalue weighted by molar-refractivity contribution is -0.385. The van der Waals surface area contributed by atoms with Gasteiger partial charge in [0.05, 0.1) is 27.1 Å². The van der Waals surface area contributed by atoms with Crippen LogP contribution >= 0.6 is 23.2 Å². The number of fused-ring (bicyclic) bond motifs is 1. The van der Waals surface area contributed by atoms with Crippen molar-refractivity contribution in [2.75, 3.05) is 6.61 Å². The number of hydrogen-bond acceptors (Lipinski definition) is 4. The number of pyridine rings is 1. The molecule has 24 heavy (non-hydrogen) atoms. The molecule has 3 aromatic rings. The molecule has 7 heteroatoms. The summed E-state index contributed by atoms with van der Waals surface area (Å²) in [5.74, 6) is 0.180. The number of benzene rings is 2. The molecule has 0 bridgehead atoms. The van der Waals surface area contributed by atoms with Crippen LogP contribution in [0.5, 0.6) is 5.75 Å². The highest BCUT2D eigenvalue weighted by Crippen LogP contribution is 2.44. The zero-order valence-corrected chi connectivity index (χ0v) is 14.1. The molecule has 0 atom stereocenters. The molecule has 122 valence electrons. The Morgan fingerprint density at radius 3 is 2.62 bits per heavy atom. The Balaban J connectivity index is 2.45. The van der Waals surface area contributed by atoms with Gasteiger partial charge in [0.2, 0.25) is 5.75 Å². The van der Waals surface area contributed by atoms with E-state index in [1.807, 2.05) is 0 Å². The molecule has 0 aliphatic heterocycles. The third-order valence-electron chi connectivity index (χ3n) is 3.50. The SMILES string of the molecule is CCOc1c([N+](=O)[O-])c(-c2cccc(Cl)c2Cl)nc2ccccc12. The highest BCUT2D eigenvalue weighted by molar-refractivity contribution is 6.43. The van der Waals surface area contributed by atoms with Crippen LogP contribution in [0.4, 0.5) is 5.69 Å². The van der Waals surface area contributed by atoms with Crippen LogP contribution in [0.25, 0.3) is 22.2 Å². The Kier molecular flexibility index (Phi) is 4.55. The van der Waals surface area contributed by atoms with Crippen LogP contribution in [0.2, 0.25) is 10.0 Å². The van der Waals surface area contributed by atoms with Crippen molar-refractivity contribution in [1.82, 2.24) is 4.98 Å². The van der Waals surface area contributed by atoms with Gasteiger partial charge in [-0.2, -0.15) is 0 Å². The van der Waals surface area contributed by atoms with Crippen molar-refractivity contribution >= 4 is 39.8 Å². The smallest absolute Gasteiger partial charge is 0.337 e. The van der Waals surface area contributed by atoms with Gasteiger partial charge >= 0.3 is 5.69 Å². The Bertz CT molecular complexity index is 945. The second-order valence-electron chi connectivity index (χ2n) is 4.95. The number of ether oxygens (including phenoxy) is 1. The molecule has 0 N–H and O–H groups in total. The van der Waals surface area contributed by atoms with Gasteiger partial charge in [0.15, 0.2) is 5.69 Å². The van der Waals surface area contributed by atoms with Crippen molar-refractivity contribution in [3.8, 4) is 17.0 Å². The van der Waals surface area contributed by atoms with E-state index in [0.717, 1.165) is 0 Å². The second kappa shape index (κ2) is 6.63. The molecule has 0 saturated heterocycles. The Morgan fingerprint density at radius 2 is 1.92 bits per heavy atom. The first kappa shape index (κ1) is 16.5. The van der Waals surface area contributed by atoms with Gasteiger partial charge in [0, 0.05) is 10.9 Å². The van der Waals surface area contributed by atoms with Gasteiger partial charge in [0.1, 0.15) is 0 Å². The maximum absolute atomic E-state index is 11.7. The summed E-state index contributed by atoms with van der Waals surface area (Å²) in [7, 11) is 0. The van der Waals surface area contributed by atoms with Crippen LogP contribution < -0.4 is 4.74 Å². The molecule has 0 aliphatic rings. The predicted octanol–water partition coefficient (Wildman–Crippen LogP) is 5.52. The third kappa shape index (κ3) is 2.77. The van der Waals surface area contributed by atoms with Crippen molar-refractivity contribution in [2.45, 2.75) is 6.92 Å². The summed E-state index contributed by atoms with van der Waals surface area (Å²) >= 11 is 12.3. The Morgan fingerprint density at radius 1 is 1.17 bits per heavy atom. The number of hydrogen-bond donors (Lipinski definition) is 0. The molecule has 0 radical (unpaired) electrons. The molecule has 0 unspecified atom stereocenters. The second-order valence-corrected chi connectivity index (χ2v) is 5.73. The number of para-hydroxylation sites is 1. The first-order valence-corrected chi connectivity index (χ1v) is 7.94. The van der Waals surface area contributed by atoms with E-state index in [1.165, 1.54) is 0 Å². The predicted molar refractivity (Wildman–Crippen MR) is 95.0 cm³/mol. The molecule has 3 rings (SSSR count). The van der Waals surface area contributed by atoms with Gasteiger partial charge in [-0.3, -0.25) is 10.1 Å². The fourth-order valence-electron chi connectivity index (χ4n) is 2.51. The normalized spacial score (nSPS) is 10.8. The first-order chi connectivity index (χ1) is 11.5. The number of rotatable bonds is 4. The summed E-state index contributed by atoms with van der Waals surface area (Å²) in [6.45, 7) is 2.06. The fourth-order valence-corrected chi connectivity index (χ4v) is 2.90. The molecule has 1 aromatic heterocycles. The minimum absolute atomic E-state index is 0.134. The van der Waals surface area contributed by atoms with Gasteiger partial charge in [-0.1, -0.05) is 47.5 Å². The number of nitro groups is 1. The van der Waals surface area contributed by atoms with Gasteiger partial charge in [-0.15, -0.1) is 0 Å². The van der Waals surface area contributed by atoms with Gasteiger partial charge in [-0.05, 0) is 25.1 Å². The first-order valence-electron chi connectivity index (χ1n) is 7.19. The summed E-state index contributed by atoms with van der Waals surface area (Å²) in [4.78, 5) is 15.7. The number of aromatic nitrogens is 1. The van der Waals surface area contributed by atoms with Crippen LogP contribution in [0.15, 0.2) is 42.5 Å². The summed E-state index contributed by atoms with van der Waals surface area (Å²) in [5.41, 5.74) is 0.884. The van der Waals surface area contributed by atoms with E-state index < -0.39 is 4.92 Å². The van der Waals surface area contributed by atoms with E-state index in [9.17, 15) is 10.1 Å². The molecule has 2 aromatic carbocycles. The highest BCUT2D eigenvalue weighted by Gasteiger charge is 2.28. The molecule has 0 spiro atoms. The minimum atomic E-state index is -0.503. The Labute approximate surface area is 147 Å². The van der Waals surface area contributed by atoms with Gasteiger partial charge < -0.3 is 4.74 Å². The lowest BCUT2D eigenvalue weighted by atomic mass is 10.1. The van der Waals surface area contributed by atoms with E-state index in [-0.39, 0.29) is 28.8 Å². The van der Waals surface area contributed by atoms with E-state index in [1.54, 1.807) is 49.4 Å². The van der Waals surface area contributed by atoms with Gasteiger partial charge in [0.25, 0.3) is 0 Å². The minimum Gasteiger partial charge on any atom is -0.487 e. The molecule has 0 amide bonds. The monoisotopic (exact) mass is 362 g/mol. The van der Waals surface area contributed by atoms with E-state index in [0.29, 0.717) is 21.5 Å². The number of nitrogens with zero attached hydrogens (tertiary/aromatic N) is 2. The average molecular weight is 363 g/mol. The van der Waals surface area contributed by atoms with E-state index in [4.69, 9.17) is 27.9 Å². The van der Waals surface area contributed by atoms with Crippen LogP contribution in [0.1, 0.15) is 6.92 Å². The maximum Gasteiger partial charge on any atom is 0.337 e.